The van der Waals surface area contributed by atoms with Crippen LogP contribution in [0.25, 0.3) is 11.1 Å². The van der Waals surface area contributed by atoms with Crippen molar-refractivity contribution >= 4 is 17.1 Å². The SMILES string of the molecule is Nc1ccc(COc2cc([NH+]([O-])Oc3ccc(-c4ccc([NH+]([O-])Oc5ccc(O)cc5)cc4)cc3)cc(OCc3ccc(O)cc3)c2OCc2ccc(O)cc2)cc1. The van der Waals surface area contributed by atoms with Gasteiger partial charge in [0.1, 0.15) is 37.1 Å². The second-order valence-corrected chi connectivity index (χ2v) is 13.1. The summed E-state index contributed by atoms with van der Waals surface area (Å²) >= 11 is 0. The maximum absolute atomic E-state index is 13.8. The molecule has 13 nitrogen and oxygen atoms in total. The first kappa shape index (κ1) is 38.8. The summed E-state index contributed by atoms with van der Waals surface area (Å²) < 4.78 is 18.8. The fraction of sp³-hybridized carbons (Fsp3) is 0.0667. The van der Waals surface area contributed by atoms with Gasteiger partial charge in [-0.3, -0.25) is 0 Å². The first-order valence-corrected chi connectivity index (χ1v) is 18.1. The number of benzene rings is 7. The van der Waals surface area contributed by atoms with Crippen LogP contribution in [0.2, 0.25) is 0 Å². The molecular formula is C45H39N3O10. The highest BCUT2D eigenvalue weighted by atomic mass is 16.9. The smallest absolute Gasteiger partial charge is 0.204 e. The Bertz CT molecular complexity index is 2320. The van der Waals surface area contributed by atoms with Crippen molar-refractivity contribution in [3.63, 3.8) is 0 Å². The van der Waals surface area contributed by atoms with Crippen molar-refractivity contribution in [2.45, 2.75) is 19.8 Å². The number of anilines is 1. The molecule has 7 aromatic carbocycles. The van der Waals surface area contributed by atoms with Crippen LogP contribution in [0.15, 0.2) is 158 Å². The standard InChI is InChI=1S/C45H39N3O10/c46-35-11-1-30(2-12-35)27-54-43-25-37(26-44(55-28-31-3-15-38(49)16-4-31)45(43)56-29-32-5-17-39(50)18-6-32)48(53)58-41-21-9-34(10-22-41)33-7-13-36(14-8-33)47(52)57-42-23-19-40(51)20-24-42/h1-26,47-51H,27-29,46H2. The second kappa shape index (κ2) is 18.0. The van der Waals surface area contributed by atoms with Gasteiger partial charge in [-0.2, -0.15) is 0 Å². The first-order chi connectivity index (χ1) is 28.1. The van der Waals surface area contributed by atoms with Crippen LogP contribution in [-0.2, 0) is 19.8 Å². The van der Waals surface area contributed by atoms with Crippen molar-refractivity contribution in [2.24, 2.45) is 0 Å². The highest BCUT2D eigenvalue weighted by Gasteiger charge is 2.21. The molecule has 58 heavy (non-hydrogen) atoms. The number of hydrogen-bond donors (Lipinski definition) is 6. The monoisotopic (exact) mass is 781 g/mol. The lowest BCUT2D eigenvalue weighted by Crippen LogP contribution is -3.04. The highest BCUT2D eigenvalue weighted by molar-refractivity contribution is 5.65. The van der Waals surface area contributed by atoms with Gasteiger partial charge in [-0.15, -0.1) is 10.5 Å². The fourth-order valence-corrected chi connectivity index (χ4v) is 5.69. The van der Waals surface area contributed by atoms with Gasteiger partial charge in [0, 0.05) is 30.0 Å². The average Bonchev–Trinajstić information content (AvgIpc) is 3.24. The second-order valence-electron chi connectivity index (χ2n) is 13.1. The summed E-state index contributed by atoms with van der Waals surface area (Å²) in [5.41, 5.74) is 10.9. The number of hydrogen-bond acceptors (Lipinski definition) is 11. The van der Waals surface area contributed by atoms with Gasteiger partial charge in [0.25, 0.3) is 0 Å². The molecule has 7 aromatic rings. The van der Waals surface area contributed by atoms with Crippen LogP contribution in [0.3, 0.4) is 0 Å². The lowest BCUT2D eigenvalue weighted by atomic mass is 10.1. The number of nitrogen functional groups attached to an aromatic ring is 1. The number of nitrogens with one attached hydrogen (secondary N) is 2. The molecule has 0 spiro atoms. The van der Waals surface area contributed by atoms with E-state index in [0.29, 0.717) is 17.1 Å². The van der Waals surface area contributed by atoms with Crippen LogP contribution in [0.1, 0.15) is 16.7 Å². The van der Waals surface area contributed by atoms with E-state index in [-0.39, 0.29) is 65.8 Å². The number of phenols is 3. The van der Waals surface area contributed by atoms with Crippen LogP contribution in [0, 0.1) is 10.4 Å². The van der Waals surface area contributed by atoms with Crippen molar-refractivity contribution in [3.05, 3.63) is 185 Å². The van der Waals surface area contributed by atoms with Crippen molar-refractivity contribution in [3.8, 4) is 57.1 Å². The predicted octanol–water partition coefficient (Wildman–Crippen LogP) is 6.81. The molecule has 0 amide bonds. The van der Waals surface area contributed by atoms with E-state index in [4.69, 9.17) is 29.6 Å². The molecule has 0 aliphatic carbocycles. The number of phenolic OH excluding ortho intramolecular Hbond substituents is 3. The van der Waals surface area contributed by atoms with Crippen LogP contribution < -0.4 is 40.1 Å². The van der Waals surface area contributed by atoms with Gasteiger partial charge in [0.15, 0.2) is 34.4 Å². The minimum absolute atomic E-state index is 0.0694. The lowest BCUT2D eigenvalue weighted by molar-refractivity contribution is -0.963. The zero-order valence-electron chi connectivity index (χ0n) is 30.9. The number of aromatic hydroxyl groups is 3. The molecule has 13 heteroatoms. The maximum atomic E-state index is 13.8. The Morgan fingerprint density at radius 1 is 0.431 bits per heavy atom. The van der Waals surface area contributed by atoms with Gasteiger partial charge in [-0.05, 0) is 113 Å². The average molecular weight is 782 g/mol. The highest BCUT2D eigenvalue weighted by Crippen LogP contribution is 2.41. The minimum Gasteiger partial charge on any atom is -0.585 e. The Morgan fingerprint density at radius 2 is 0.793 bits per heavy atom. The van der Waals surface area contributed by atoms with Gasteiger partial charge < -0.3 is 55.4 Å². The molecular weight excluding hydrogens is 743 g/mol. The largest absolute Gasteiger partial charge is 0.585 e. The fourth-order valence-electron chi connectivity index (χ4n) is 5.69. The molecule has 0 aromatic heterocycles. The lowest BCUT2D eigenvalue weighted by Gasteiger charge is -2.23. The Kier molecular flexibility index (Phi) is 12.1. The molecule has 0 saturated carbocycles. The van der Waals surface area contributed by atoms with Crippen LogP contribution in [-0.4, -0.2) is 15.3 Å². The third-order valence-corrected chi connectivity index (χ3v) is 8.85. The number of ether oxygens (including phenoxy) is 3. The van der Waals surface area contributed by atoms with Crippen molar-refractivity contribution < 1.29 is 49.7 Å². The van der Waals surface area contributed by atoms with Crippen molar-refractivity contribution in [2.75, 3.05) is 5.73 Å². The van der Waals surface area contributed by atoms with E-state index in [9.17, 15) is 25.7 Å². The summed E-state index contributed by atoms with van der Waals surface area (Å²) in [5.74, 6) is 1.56. The van der Waals surface area contributed by atoms with Gasteiger partial charge >= 0.3 is 0 Å². The van der Waals surface area contributed by atoms with E-state index in [1.54, 1.807) is 109 Å². The topological polar surface area (TPSA) is 188 Å². The molecule has 2 atom stereocenters. The van der Waals surface area contributed by atoms with Crippen molar-refractivity contribution in [1.82, 2.24) is 0 Å². The molecule has 0 radical (unpaired) electrons. The number of quaternary nitrogens is 2. The Labute approximate surface area is 333 Å². The Morgan fingerprint density at radius 3 is 1.26 bits per heavy atom. The summed E-state index contributed by atoms with van der Waals surface area (Å²) in [6.07, 6.45) is 0. The summed E-state index contributed by atoms with van der Waals surface area (Å²) in [6, 6.07) is 43.0. The van der Waals surface area contributed by atoms with E-state index in [1.807, 2.05) is 12.1 Å². The molecule has 294 valence electrons. The third kappa shape index (κ3) is 10.3. The molecule has 2 unspecified atom stereocenters. The zero-order chi connectivity index (χ0) is 40.4. The van der Waals surface area contributed by atoms with E-state index in [2.05, 4.69) is 0 Å². The van der Waals surface area contributed by atoms with Crippen molar-refractivity contribution in [1.29, 1.82) is 0 Å². The molecule has 0 aliphatic heterocycles. The van der Waals surface area contributed by atoms with Gasteiger partial charge in [0.05, 0.1) is 0 Å². The Balaban J connectivity index is 1.11. The molecule has 7 rings (SSSR count). The van der Waals surface area contributed by atoms with Crippen LogP contribution in [0.5, 0.6) is 46.0 Å². The maximum Gasteiger partial charge on any atom is 0.204 e. The summed E-state index contributed by atoms with van der Waals surface area (Å²) in [4.78, 5) is 11.2. The van der Waals surface area contributed by atoms with E-state index in [0.717, 1.165) is 27.8 Å². The molecule has 0 heterocycles. The summed E-state index contributed by atoms with van der Waals surface area (Å²) in [5, 5.41) is 54.2. The van der Waals surface area contributed by atoms with E-state index < -0.39 is 10.5 Å². The number of nitrogens with two attached hydrogens (primary N) is 1. The van der Waals surface area contributed by atoms with Gasteiger partial charge in [-0.25, -0.2) is 0 Å². The van der Waals surface area contributed by atoms with E-state index >= 15 is 0 Å². The van der Waals surface area contributed by atoms with Crippen LogP contribution in [0.4, 0.5) is 17.1 Å². The van der Waals surface area contributed by atoms with Gasteiger partial charge in [-0.1, -0.05) is 48.5 Å². The van der Waals surface area contributed by atoms with Crippen LogP contribution >= 0.6 is 0 Å². The third-order valence-electron chi connectivity index (χ3n) is 8.85. The normalized spacial score (nSPS) is 12.0. The minimum atomic E-state index is -0.679. The predicted molar refractivity (Wildman–Crippen MR) is 216 cm³/mol. The molecule has 7 N–H and O–H groups in total. The number of rotatable bonds is 16. The van der Waals surface area contributed by atoms with Gasteiger partial charge in [0.2, 0.25) is 5.75 Å². The summed E-state index contributed by atoms with van der Waals surface area (Å²) in [7, 11) is 0. The molecule has 0 saturated heterocycles. The summed E-state index contributed by atoms with van der Waals surface area (Å²) in [6.45, 7) is 0.290. The molecule has 0 bridgehead atoms. The molecule has 0 aliphatic rings. The quantitative estimate of drug-likeness (QED) is 0.0447. The first-order valence-electron chi connectivity index (χ1n) is 18.1. The zero-order valence-corrected chi connectivity index (χ0v) is 30.9. The Hall–Kier alpha value is -7.42. The van der Waals surface area contributed by atoms with E-state index in [1.165, 1.54) is 36.4 Å². The molecule has 0 fully saturated rings.